The molecule has 1 atom stereocenters. The van der Waals surface area contributed by atoms with Gasteiger partial charge in [0.25, 0.3) is 0 Å². The van der Waals surface area contributed by atoms with Crippen molar-refractivity contribution in [3.05, 3.63) is 12.4 Å². The van der Waals surface area contributed by atoms with Gasteiger partial charge in [-0.05, 0) is 24.8 Å². The summed E-state index contributed by atoms with van der Waals surface area (Å²) < 4.78 is 0. The normalized spacial score (nSPS) is 19.6. The standard InChI is InChI=1S/C14H25N5/c1-14(2,3)5-7-19(11-4-6-16-9-11)13-8-12(15)17-10-18-13/h8,10-11,16H,4-7,9H2,1-3H3,(H2,15,17,18). The average Bonchev–Trinajstić information content (AvgIpc) is 2.81. The van der Waals surface area contributed by atoms with Crippen LogP contribution in [-0.2, 0) is 0 Å². The van der Waals surface area contributed by atoms with Gasteiger partial charge < -0.3 is 16.0 Å². The molecule has 2 heterocycles. The number of nitrogens with zero attached hydrogens (tertiary/aromatic N) is 3. The molecule has 5 nitrogen and oxygen atoms in total. The van der Waals surface area contributed by atoms with Crippen LogP contribution in [0.2, 0.25) is 0 Å². The molecule has 1 unspecified atom stereocenters. The molecule has 106 valence electrons. The maximum Gasteiger partial charge on any atom is 0.134 e. The van der Waals surface area contributed by atoms with Gasteiger partial charge in [-0.3, -0.25) is 0 Å². The molecule has 19 heavy (non-hydrogen) atoms. The average molecular weight is 263 g/mol. The number of rotatable bonds is 4. The second-order valence-corrected chi connectivity index (χ2v) is 6.45. The van der Waals surface area contributed by atoms with Gasteiger partial charge in [0.15, 0.2) is 0 Å². The summed E-state index contributed by atoms with van der Waals surface area (Å²) >= 11 is 0. The molecule has 3 N–H and O–H groups in total. The summed E-state index contributed by atoms with van der Waals surface area (Å²) in [6, 6.07) is 2.39. The van der Waals surface area contributed by atoms with Crippen molar-refractivity contribution in [1.29, 1.82) is 0 Å². The molecule has 0 radical (unpaired) electrons. The maximum absolute atomic E-state index is 5.78. The van der Waals surface area contributed by atoms with Gasteiger partial charge in [-0.15, -0.1) is 0 Å². The number of nitrogen functional groups attached to an aromatic ring is 1. The highest BCUT2D eigenvalue weighted by Gasteiger charge is 2.25. The maximum atomic E-state index is 5.78. The van der Waals surface area contributed by atoms with E-state index in [-0.39, 0.29) is 0 Å². The van der Waals surface area contributed by atoms with Crippen LogP contribution in [0.15, 0.2) is 12.4 Å². The minimum Gasteiger partial charge on any atom is -0.384 e. The van der Waals surface area contributed by atoms with E-state index in [4.69, 9.17) is 5.73 Å². The minimum absolute atomic E-state index is 0.322. The third kappa shape index (κ3) is 4.06. The SMILES string of the molecule is CC(C)(C)CCN(c1cc(N)ncn1)C1CCNC1. The van der Waals surface area contributed by atoms with Crippen molar-refractivity contribution in [2.45, 2.75) is 39.7 Å². The van der Waals surface area contributed by atoms with E-state index >= 15 is 0 Å². The van der Waals surface area contributed by atoms with Crippen LogP contribution in [-0.4, -0.2) is 35.6 Å². The summed E-state index contributed by atoms with van der Waals surface area (Å²) in [4.78, 5) is 10.8. The Morgan fingerprint density at radius 2 is 2.21 bits per heavy atom. The molecule has 0 bridgehead atoms. The summed E-state index contributed by atoms with van der Waals surface area (Å²) in [5.74, 6) is 1.49. The molecule has 2 rings (SSSR count). The molecule has 0 saturated carbocycles. The van der Waals surface area contributed by atoms with Crippen LogP contribution in [0.4, 0.5) is 11.6 Å². The quantitative estimate of drug-likeness (QED) is 0.865. The van der Waals surface area contributed by atoms with Crippen LogP contribution in [0.5, 0.6) is 0 Å². The second kappa shape index (κ2) is 5.74. The van der Waals surface area contributed by atoms with Gasteiger partial charge in [0, 0.05) is 25.2 Å². The highest BCUT2D eigenvalue weighted by Crippen LogP contribution is 2.24. The fraction of sp³-hybridized carbons (Fsp3) is 0.714. The smallest absolute Gasteiger partial charge is 0.134 e. The lowest BCUT2D eigenvalue weighted by Crippen LogP contribution is -2.39. The summed E-state index contributed by atoms with van der Waals surface area (Å²) in [5.41, 5.74) is 6.11. The van der Waals surface area contributed by atoms with Crippen molar-refractivity contribution < 1.29 is 0 Å². The third-order valence-corrected chi connectivity index (χ3v) is 3.55. The van der Waals surface area contributed by atoms with Crippen molar-refractivity contribution in [3.8, 4) is 0 Å². The van der Waals surface area contributed by atoms with E-state index in [0.717, 1.165) is 38.3 Å². The summed E-state index contributed by atoms with van der Waals surface area (Å²) in [5, 5.41) is 3.42. The molecule has 1 aliphatic heterocycles. The summed E-state index contributed by atoms with van der Waals surface area (Å²) in [6.07, 6.45) is 3.85. The zero-order chi connectivity index (χ0) is 13.9. The van der Waals surface area contributed by atoms with E-state index in [1.54, 1.807) is 6.33 Å². The first-order valence-electron chi connectivity index (χ1n) is 7.00. The van der Waals surface area contributed by atoms with Crippen molar-refractivity contribution in [2.75, 3.05) is 30.3 Å². The van der Waals surface area contributed by atoms with Crippen molar-refractivity contribution in [1.82, 2.24) is 15.3 Å². The van der Waals surface area contributed by atoms with E-state index in [2.05, 4.69) is 41.0 Å². The number of nitrogens with two attached hydrogens (primary N) is 1. The first-order chi connectivity index (χ1) is 8.96. The van der Waals surface area contributed by atoms with Crippen molar-refractivity contribution in [2.24, 2.45) is 5.41 Å². The monoisotopic (exact) mass is 263 g/mol. The van der Waals surface area contributed by atoms with E-state index in [9.17, 15) is 0 Å². The van der Waals surface area contributed by atoms with Crippen LogP contribution in [0.1, 0.15) is 33.6 Å². The molecule has 1 aromatic rings. The lowest BCUT2D eigenvalue weighted by atomic mass is 9.92. The van der Waals surface area contributed by atoms with Crippen LogP contribution < -0.4 is 16.0 Å². The zero-order valence-corrected chi connectivity index (χ0v) is 12.2. The Labute approximate surface area is 115 Å². The molecule has 1 aromatic heterocycles. The molecular formula is C14H25N5. The number of aromatic nitrogens is 2. The van der Waals surface area contributed by atoms with Gasteiger partial charge >= 0.3 is 0 Å². The Hall–Kier alpha value is -1.36. The highest BCUT2D eigenvalue weighted by molar-refractivity contribution is 5.47. The Balaban J connectivity index is 2.13. The Bertz CT molecular complexity index is 407. The van der Waals surface area contributed by atoms with Crippen LogP contribution in [0, 0.1) is 5.41 Å². The number of hydrogen-bond acceptors (Lipinski definition) is 5. The molecule has 1 fully saturated rings. The Kier molecular flexibility index (Phi) is 4.24. The summed E-state index contributed by atoms with van der Waals surface area (Å²) in [7, 11) is 0. The zero-order valence-electron chi connectivity index (χ0n) is 12.2. The lowest BCUT2D eigenvalue weighted by Gasteiger charge is -2.32. The Morgan fingerprint density at radius 3 is 2.79 bits per heavy atom. The van der Waals surface area contributed by atoms with Gasteiger partial charge in [0.05, 0.1) is 0 Å². The van der Waals surface area contributed by atoms with Crippen molar-refractivity contribution >= 4 is 11.6 Å². The van der Waals surface area contributed by atoms with Crippen LogP contribution in [0.3, 0.4) is 0 Å². The molecule has 1 saturated heterocycles. The fourth-order valence-corrected chi connectivity index (χ4v) is 2.36. The number of anilines is 2. The highest BCUT2D eigenvalue weighted by atomic mass is 15.2. The largest absolute Gasteiger partial charge is 0.384 e. The van der Waals surface area contributed by atoms with Crippen LogP contribution in [0.25, 0.3) is 0 Å². The van der Waals surface area contributed by atoms with E-state index in [1.807, 2.05) is 6.07 Å². The van der Waals surface area contributed by atoms with Crippen LogP contribution >= 0.6 is 0 Å². The number of hydrogen-bond donors (Lipinski definition) is 2. The third-order valence-electron chi connectivity index (χ3n) is 3.55. The fourth-order valence-electron chi connectivity index (χ4n) is 2.36. The van der Waals surface area contributed by atoms with Gasteiger partial charge in [0.1, 0.15) is 18.0 Å². The molecule has 1 aliphatic rings. The lowest BCUT2D eigenvalue weighted by molar-refractivity contribution is 0.372. The van der Waals surface area contributed by atoms with E-state index in [1.165, 1.54) is 0 Å². The predicted molar refractivity (Wildman–Crippen MR) is 79.1 cm³/mol. The van der Waals surface area contributed by atoms with Gasteiger partial charge in [-0.25, -0.2) is 9.97 Å². The Morgan fingerprint density at radius 1 is 1.42 bits per heavy atom. The first kappa shape index (κ1) is 14.1. The topological polar surface area (TPSA) is 67.1 Å². The molecule has 5 heteroatoms. The van der Waals surface area contributed by atoms with E-state index < -0.39 is 0 Å². The van der Waals surface area contributed by atoms with E-state index in [0.29, 0.717) is 17.3 Å². The molecule has 0 aromatic carbocycles. The first-order valence-corrected chi connectivity index (χ1v) is 7.00. The van der Waals surface area contributed by atoms with Gasteiger partial charge in [-0.1, -0.05) is 20.8 Å². The molecular weight excluding hydrogens is 238 g/mol. The van der Waals surface area contributed by atoms with Gasteiger partial charge in [-0.2, -0.15) is 0 Å². The minimum atomic E-state index is 0.322. The molecule has 0 spiro atoms. The van der Waals surface area contributed by atoms with Gasteiger partial charge in [0.2, 0.25) is 0 Å². The summed E-state index contributed by atoms with van der Waals surface area (Å²) in [6.45, 7) is 9.92. The predicted octanol–water partition coefficient (Wildman–Crippen LogP) is 1.66. The molecule has 0 aliphatic carbocycles. The molecule has 0 amide bonds. The second-order valence-electron chi connectivity index (χ2n) is 6.45. The van der Waals surface area contributed by atoms with Crippen molar-refractivity contribution in [3.63, 3.8) is 0 Å². The number of nitrogens with one attached hydrogen (secondary N) is 1.